The average molecular weight is 300 g/mol. The number of halogens is 3. The standard InChI is InChI=1S/C12H19F3O5/c1-4-6-10(3,7-5-2)20-9(18)11(19,8(16)17)12(13,14)15/h19H,4-7H2,1-3H3,(H,16,17). The molecule has 2 N–H and O–H groups in total. The monoisotopic (exact) mass is 300 g/mol. The molecule has 0 amide bonds. The van der Waals surface area contributed by atoms with Crippen LogP contribution in [0, 0.1) is 0 Å². The van der Waals surface area contributed by atoms with E-state index in [9.17, 15) is 27.9 Å². The maximum Gasteiger partial charge on any atom is 0.439 e. The van der Waals surface area contributed by atoms with Crippen LogP contribution in [0.2, 0.25) is 0 Å². The van der Waals surface area contributed by atoms with Gasteiger partial charge in [0.1, 0.15) is 5.60 Å². The van der Waals surface area contributed by atoms with Crippen molar-refractivity contribution in [1.82, 2.24) is 0 Å². The number of aliphatic hydroxyl groups is 1. The van der Waals surface area contributed by atoms with Crippen molar-refractivity contribution in [3.05, 3.63) is 0 Å². The van der Waals surface area contributed by atoms with Crippen LogP contribution in [-0.4, -0.2) is 39.5 Å². The molecule has 1 unspecified atom stereocenters. The average Bonchev–Trinajstić information content (AvgIpc) is 2.25. The highest BCUT2D eigenvalue weighted by Gasteiger charge is 2.68. The van der Waals surface area contributed by atoms with Gasteiger partial charge in [-0.2, -0.15) is 13.2 Å². The topological polar surface area (TPSA) is 83.8 Å². The number of esters is 1. The van der Waals surface area contributed by atoms with E-state index in [1.165, 1.54) is 6.92 Å². The molecule has 0 saturated heterocycles. The third-order valence-electron chi connectivity index (χ3n) is 2.91. The van der Waals surface area contributed by atoms with Gasteiger partial charge in [-0.1, -0.05) is 26.7 Å². The minimum absolute atomic E-state index is 0.264. The molecular weight excluding hydrogens is 281 g/mol. The van der Waals surface area contributed by atoms with E-state index in [0.29, 0.717) is 12.8 Å². The summed E-state index contributed by atoms with van der Waals surface area (Å²) in [5, 5.41) is 17.7. The van der Waals surface area contributed by atoms with Crippen LogP contribution in [0.1, 0.15) is 46.5 Å². The van der Waals surface area contributed by atoms with Crippen LogP contribution >= 0.6 is 0 Å². The molecule has 0 bridgehead atoms. The number of aliphatic carboxylic acids is 1. The molecule has 0 aliphatic rings. The normalized spacial score (nSPS) is 15.6. The Morgan fingerprint density at radius 1 is 1.10 bits per heavy atom. The number of carboxylic acid groups (broad SMARTS) is 1. The Bertz CT molecular complexity index is 361. The lowest BCUT2D eigenvalue weighted by Crippen LogP contribution is -2.60. The Morgan fingerprint density at radius 2 is 1.50 bits per heavy atom. The van der Waals surface area contributed by atoms with Crippen LogP contribution in [0.4, 0.5) is 13.2 Å². The van der Waals surface area contributed by atoms with Crippen LogP contribution in [0.3, 0.4) is 0 Å². The second-order valence-corrected chi connectivity index (χ2v) is 4.85. The maximum atomic E-state index is 12.6. The van der Waals surface area contributed by atoms with E-state index >= 15 is 0 Å². The van der Waals surface area contributed by atoms with Crippen molar-refractivity contribution in [1.29, 1.82) is 0 Å². The van der Waals surface area contributed by atoms with Crippen molar-refractivity contribution >= 4 is 11.9 Å². The fraction of sp³-hybridized carbons (Fsp3) is 0.833. The summed E-state index contributed by atoms with van der Waals surface area (Å²) in [5.41, 5.74) is -5.79. The molecule has 118 valence electrons. The molecule has 0 aliphatic heterocycles. The second kappa shape index (κ2) is 6.43. The molecule has 0 aromatic heterocycles. The van der Waals surface area contributed by atoms with Crippen molar-refractivity contribution < 1.29 is 37.7 Å². The van der Waals surface area contributed by atoms with Gasteiger partial charge in [0.05, 0.1) is 0 Å². The fourth-order valence-corrected chi connectivity index (χ4v) is 1.91. The van der Waals surface area contributed by atoms with Gasteiger partial charge in [0.15, 0.2) is 0 Å². The van der Waals surface area contributed by atoms with Crippen molar-refractivity contribution in [2.45, 2.75) is 63.8 Å². The van der Waals surface area contributed by atoms with E-state index in [2.05, 4.69) is 4.74 Å². The zero-order valence-corrected chi connectivity index (χ0v) is 11.6. The SMILES string of the molecule is CCCC(C)(CCC)OC(=O)C(O)(C(=O)O)C(F)(F)F. The number of hydrogen-bond acceptors (Lipinski definition) is 4. The smallest absolute Gasteiger partial charge is 0.439 e. The molecule has 0 heterocycles. The Hall–Kier alpha value is -1.31. The molecular formula is C12H19F3O5. The summed E-state index contributed by atoms with van der Waals surface area (Å²) >= 11 is 0. The summed E-state index contributed by atoms with van der Waals surface area (Å²) in [6, 6.07) is 0. The number of carboxylic acids is 1. The van der Waals surface area contributed by atoms with Crippen LogP contribution in [0.15, 0.2) is 0 Å². The number of rotatable bonds is 7. The highest BCUT2D eigenvalue weighted by Crippen LogP contribution is 2.34. The van der Waals surface area contributed by atoms with E-state index in [0.717, 1.165) is 0 Å². The lowest BCUT2D eigenvalue weighted by Gasteiger charge is -2.33. The summed E-state index contributed by atoms with van der Waals surface area (Å²) in [7, 11) is 0. The van der Waals surface area contributed by atoms with Crippen molar-refractivity contribution in [3.8, 4) is 0 Å². The zero-order valence-electron chi connectivity index (χ0n) is 11.6. The molecule has 0 fully saturated rings. The molecule has 8 heteroatoms. The van der Waals surface area contributed by atoms with Crippen LogP contribution < -0.4 is 0 Å². The molecule has 0 rings (SSSR count). The Balaban J connectivity index is 5.35. The summed E-state index contributed by atoms with van der Waals surface area (Å²) < 4.78 is 42.5. The van der Waals surface area contributed by atoms with Gasteiger partial charge in [0.2, 0.25) is 0 Å². The largest absolute Gasteiger partial charge is 0.478 e. The number of carbonyl (C=O) groups is 2. The third kappa shape index (κ3) is 3.84. The molecule has 20 heavy (non-hydrogen) atoms. The van der Waals surface area contributed by atoms with E-state index in [1.807, 2.05) is 0 Å². The minimum atomic E-state index is -5.66. The maximum absolute atomic E-state index is 12.6. The van der Waals surface area contributed by atoms with Gasteiger partial charge in [0, 0.05) is 0 Å². The first-order valence-corrected chi connectivity index (χ1v) is 6.20. The molecule has 0 aliphatic carbocycles. The van der Waals surface area contributed by atoms with E-state index in [1.54, 1.807) is 13.8 Å². The van der Waals surface area contributed by atoms with Crippen molar-refractivity contribution in [2.24, 2.45) is 0 Å². The van der Waals surface area contributed by atoms with Gasteiger partial charge in [0.25, 0.3) is 0 Å². The van der Waals surface area contributed by atoms with Crippen LogP contribution in [0.25, 0.3) is 0 Å². The summed E-state index contributed by atoms with van der Waals surface area (Å²) in [6.45, 7) is 4.90. The number of ether oxygens (including phenoxy) is 1. The number of hydrogen-bond donors (Lipinski definition) is 2. The Morgan fingerprint density at radius 3 is 1.75 bits per heavy atom. The molecule has 0 saturated carbocycles. The number of alkyl halides is 3. The Kier molecular flexibility index (Phi) is 6.01. The lowest BCUT2D eigenvalue weighted by molar-refractivity contribution is -0.266. The van der Waals surface area contributed by atoms with Crippen LogP contribution in [0.5, 0.6) is 0 Å². The van der Waals surface area contributed by atoms with Crippen molar-refractivity contribution in [3.63, 3.8) is 0 Å². The first kappa shape index (κ1) is 18.7. The predicted molar refractivity (Wildman–Crippen MR) is 63.0 cm³/mol. The lowest BCUT2D eigenvalue weighted by atomic mass is 9.94. The fourth-order valence-electron chi connectivity index (χ4n) is 1.91. The van der Waals surface area contributed by atoms with Gasteiger partial charge in [-0.05, 0) is 19.8 Å². The predicted octanol–water partition coefficient (Wildman–Crippen LogP) is 2.27. The molecule has 5 nitrogen and oxygen atoms in total. The Labute approximate surface area is 114 Å². The van der Waals surface area contributed by atoms with Gasteiger partial charge < -0.3 is 14.9 Å². The van der Waals surface area contributed by atoms with Gasteiger partial charge in [-0.3, -0.25) is 0 Å². The van der Waals surface area contributed by atoms with Gasteiger partial charge >= 0.3 is 23.7 Å². The summed E-state index contributed by atoms with van der Waals surface area (Å²) in [5.74, 6) is -4.91. The first-order chi connectivity index (χ1) is 8.94. The summed E-state index contributed by atoms with van der Waals surface area (Å²) in [4.78, 5) is 22.2. The minimum Gasteiger partial charge on any atom is -0.478 e. The van der Waals surface area contributed by atoms with Gasteiger partial charge in [-0.25, -0.2) is 9.59 Å². The third-order valence-corrected chi connectivity index (χ3v) is 2.91. The molecule has 0 aromatic rings. The highest BCUT2D eigenvalue weighted by atomic mass is 19.4. The second-order valence-electron chi connectivity index (χ2n) is 4.85. The highest BCUT2D eigenvalue weighted by molar-refractivity contribution is 6.03. The molecule has 0 radical (unpaired) electrons. The molecule has 0 spiro atoms. The van der Waals surface area contributed by atoms with Gasteiger partial charge in [-0.15, -0.1) is 0 Å². The molecule has 0 aromatic carbocycles. The quantitative estimate of drug-likeness (QED) is 0.556. The van der Waals surface area contributed by atoms with E-state index in [-0.39, 0.29) is 12.8 Å². The number of carbonyl (C=O) groups excluding carboxylic acids is 1. The van der Waals surface area contributed by atoms with E-state index in [4.69, 9.17) is 5.11 Å². The molecule has 1 atom stereocenters. The van der Waals surface area contributed by atoms with Crippen LogP contribution in [-0.2, 0) is 14.3 Å². The van der Waals surface area contributed by atoms with E-state index < -0.39 is 29.3 Å². The zero-order chi connectivity index (χ0) is 16.2. The van der Waals surface area contributed by atoms with Crippen molar-refractivity contribution in [2.75, 3.05) is 0 Å². The summed E-state index contributed by atoms with van der Waals surface area (Å²) in [6.07, 6.45) is -4.07. The first-order valence-electron chi connectivity index (χ1n) is 6.20.